The molecule has 24 heavy (non-hydrogen) atoms. The molecule has 1 heterocycles. The largest absolute Gasteiger partial charge is 0.497 e. The van der Waals surface area contributed by atoms with Crippen molar-refractivity contribution in [1.82, 2.24) is 15.6 Å². The summed E-state index contributed by atoms with van der Waals surface area (Å²) in [5, 5.41) is 5.76. The van der Waals surface area contributed by atoms with Crippen LogP contribution in [0.4, 0.5) is 4.79 Å². The maximum Gasteiger partial charge on any atom is 0.315 e. The summed E-state index contributed by atoms with van der Waals surface area (Å²) in [7, 11) is 3.20. The average Bonchev–Trinajstić information content (AvgIpc) is 2.61. The van der Waals surface area contributed by atoms with Crippen molar-refractivity contribution in [1.29, 1.82) is 0 Å². The number of hydrogen-bond donors (Lipinski definition) is 2. The van der Waals surface area contributed by atoms with Crippen molar-refractivity contribution in [2.24, 2.45) is 0 Å². The minimum absolute atomic E-state index is 0.191. The van der Waals surface area contributed by atoms with E-state index in [4.69, 9.17) is 9.47 Å². The smallest absolute Gasteiger partial charge is 0.315 e. The first-order valence-electron chi connectivity index (χ1n) is 7.79. The first-order valence-corrected chi connectivity index (χ1v) is 7.79. The number of benzene rings is 1. The van der Waals surface area contributed by atoms with E-state index in [-0.39, 0.29) is 12.1 Å². The van der Waals surface area contributed by atoms with Crippen molar-refractivity contribution in [3.63, 3.8) is 0 Å². The van der Waals surface area contributed by atoms with E-state index in [0.717, 1.165) is 17.5 Å². The maximum atomic E-state index is 12.0. The molecule has 6 nitrogen and oxygen atoms in total. The third-order valence-electron chi connectivity index (χ3n) is 3.68. The van der Waals surface area contributed by atoms with Crippen LogP contribution in [0.1, 0.15) is 24.1 Å². The van der Waals surface area contributed by atoms with Gasteiger partial charge in [-0.15, -0.1) is 0 Å². The van der Waals surface area contributed by atoms with Crippen LogP contribution in [0, 0.1) is 0 Å². The molecule has 0 radical (unpaired) electrons. The normalized spacial score (nSPS) is 11.5. The Balaban J connectivity index is 1.87. The monoisotopic (exact) mass is 329 g/mol. The topological polar surface area (TPSA) is 72.5 Å². The van der Waals surface area contributed by atoms with Crippen LogP contribution in [0.5, 0.6) is 11.5 Å². The van der Waals surface area contributed by atoms with Crippen molar-refractivity contribution < 1.29 is 14.3 Å². The number of nitrogens with one attached hydrogen (secondary N) is 2. The third kappa shape index (κ3) is 4.87. The summed E-state index contributed by atoms with van der Waals surface area (Å²) in [5.41, 5.74) is 1.98. The number of methoxy groups -OCH3 is 2. The zero-order chi connectivity index (χ0) is 17.4. The lowest BCUT2D eigenvalue weighted by Gasteiger charge is -2.18. The molecule has 0 aliphatic rings. The highest BCUT2D eigenvalue weighted by molar-refractivity contribution is 5.74. The van der Waals surface area contributed by atoms with Gasteiger partial charge in [0.2, 0.25) is 0 Å². The van der Waals surface area contributed by atoms with E-state index in [9.17, 15) is 4.79 Å². The van der Waals surface area contributed by atoms with Gasteiger partial charge in [-0.1, -0.05) is 6.07 Å². The van der Waals surface area contributed by atoms with Gasteiger partial charge in [0.15, 0.2) is 0 Å². The average molecular weight is 329 g/mol. The lowest BCUT2D eigenvalue weighted by molar-refractivity contribution is 0.238. The lowest BCUT2D eigenvalue weighted by Crippen LogP contribution is -2.38. The molecule has 0 saturated carbocycles. The molecular weight excluding hydrogens is 306 g/mol. The van der Waals surface area contributed by atoms with Crippen LogP contribution in [-0.2, 0) is 6.42 Å². The number of rotatable bonds is 7. The van der Waals surface area contributed by atoms with E-state index in [1.807, 2.05) is 31.2 Å². The van der Waals surface area contributed by atoms with Crippen molar-refractivity contribution in [2.45, 2.75) is 19.4 Å². The number of ether oxygens (including phenoxy) is 2. The van der Waals surface area contributed by atoms with Gasteiger partial charge in [0.25, 0.3) is 0 Å². The van der Waals surface area contributed by atoms with Crippen molar-refractivity contribution in [2.75, 3.05) is 20.8 Å². The maximum absolute atomic E-state index is 12.0. The number of hydrogen-bond acceptors (Lipinski definition) is 4. The van der Waals surface area contributed by atoms with Crippen LogP contribution in [0.3, 0.4) is 0 Å². The van der Waals surface area contributed by atoms with Crippen molar-refractivity contribution in [3.8, 4) is 11.5 Å². The highest BCUT2D eigenvalue weighted by Crippen LogP contribution is 2.29. The third-order valence-corrected chi connectivity index (χ3v) is 3.68. The molecule has 1 atom stereocenters. The van der Waals surface area contributed by atoms with Gasteiger partial charge in [-0.3, -0.25) is 4.98 Å². The van der Waals surface area contributed by atoms with Gasteiger partial charge >= 0.3 is 6.03 Å². The summed E-state index contributed by atoms with van der Waals surface area (Å²) in [5.74, 6) is 1.39. The fourth-order valence-electron chi connectivity index (χ4n) is 2.37. The highest BCUT2D eigenvalue weighted by atomic mass is 16.5. The van der Waals surface area contributed by atoms with Gasteiger partial charge in [-0.2, -0.15) is 0 Å². The number of nitrogens with zero attached hydrogens (tertiary/aromatic N) is 1. The minimum Gasteiger partial charge on any atom is -0.497 e. The van der Waals surface area contributed by atoms with E-state index in [1.165, 1.54) is 0 Å². The van der Waals surface area contributed by atoms with Gasteiger partial charge in [0.1, 0.15) is 11.5 Å². The van der Waals surface area contributed by atoms with Gasteiger partial charge in [0.05, 0.1) is 20.3 Å². The van der Waals surface area contributed by atoms with Gasteiger partial charge < -0.3 is 20.1 Å². The van der Waals surface area contributed by atoms with E-state index in [0.29, 0.717) is 18.0 Å². The van der Waals surface area contributed by atoms with Crippen LogP contribution in [0.15, 0.2) is 42.7 Å². The van der Waals surface area contributed by atoms with Gasteiger partial charge in [-0.25, -0.2) is 4.79 Å². The summed E-state index contributed by atoms with van der Waals surface area (Å²) in [6.07, 6.45) is 4.26. The molecule has 1 aromatic carbocycles. The number of urea groups is 1. The van der Waals surface area contributed by atoms with Crippen LogP contribution >= 0.6 is 0 Å². The number of amides is 2. The minimum atomic E-state index is -0.218. The van der Waals surface area contributed by atoms with E-state index >= 15 is 0 Å². The Hall–Kier alpha value is -2.76. The summed E-state index contributed by atoms with van der Waals surface area (Å²) >= 11 is 0. The molecule has 0 bridgehead atoms. The summed E-state index contributed by atoms with van der Waals surface area (Å²) in [4.78, 5) is 16.1. The fourth-order valence-corrected chi connectivity index (χ4v) is 2.37. The molecule has 2 amide bonds. The molecule has 0 spiro atoms. The molecule has 0 fully saturated rings. The second-order valence-electron chi connectivity index (χ2n) is 5.34. The Morgan fingerprint density at radius 1 is 1.25 bits per heavy atom. The zero-order valence-corrected chi connectivity index (χ0v) is 14.2. The number of carbonyl (C=O) groups excluding carboxylic acids is 1. The van der Waals surface area contributed by atoms with Crippen molar-refractivity contribution >= 4 is 6.03 Å². The predicted octanol–water partition coefficient (Wildman–Crippen LogP) is 2.70. The number of carbonyl (C=O) groups is 1. The van der Waals surface area contributed by atoms with E-state index in [2.05, 4.69) is 15.6 Å². The summed E-state index contributed by atoms with van der Waals surface area (Å²) in [6, 6.07) is 8.99. The van der Waals surface area contributed by atoms with Crippen LogP contribution in [0.2, 0.25) is 0 Å². The standard InChI is InChI=1S/C18H23N3O3/c1-13(16-7-6-15(23-2)11-17(16)24-3)21-18(22)20-10-8-14-5-4-9-19-12-14/h4-7,9,11-13H,8,10H2,1-3H3,(H2,20,21,22). The molecule has 2 N–H and O–H groups in total. The zero-order valence-electron chi connectivity index (χ0n) is 14.2. The molecule has 0 saturated heterocycles. The molecule has 0 aliphatic heterocycles. The second kappa shape index (κ2) is 8.76. The quantitative estimate of drug-likeness (QED) is 0.819. The Kier molecular flexibility index (Phi) is 6.42. The Morgan fingerprint density at radius 2 is 2.08 bits per heavy atom. The van der Waals surface area contributed by atoms with Crippen LogP contribution in [-0.4, -0.2) is 31.8 Å². The molecule has 128 valence electrons. The van der Waals surface area contributed by atoms with Crippen LogP contribution < -0.4 is 20.1 Å². The second-order valence-corrected chi connectivity index (χ2v) is 5.34. The summed E-state index contributed by atoms with van der Waals surface area (Å²) in [6.45, 7) is 2.45. The molecule has 6 heteroatoms. The molecular formula is C18H23N3O3. The molecule has 1 aromatic heterocycles. The fraction of sp³-hybridized carbons (Fsp3) is 0.333. The van der Waals surface area contributed by atoms with Crippen LogP contribution in [0.25, 0.3) is 0 Å². The molecule has 2 aromatic rings. The molecule has 1 unspecified atom stereocenters. The van der Waals surface area contributed by atoms with Gasteiger partial charge in [-0.05, 0) is 37.1 Å². The summed E-state index contributed by atoms with van der Waals surface area (Å²) < 4.78 is 10.6. The Bertz CT molecular complexity index is 662. The van der Waals surface area contributed by atoms with Crippen molar-refractivity contribution in [3.05, 3.63) is 53.9 Å². The molecule has 2 rings (SSSR count). The van der Waals surface area contributed by atoms with Gasteiger partial charge in [0, 0.05) is 30.6 Å². The van der Waals surface area contributed by atoms with E-state index < -0.39 is 0 Å². The molecule has 0 aliphatic carbocycles. The lowest BCUT2D eigenvalue weighted by atomic mass is 10.1. The Morgan fingerprint density at radius 3 is 2.75 bits per heavy atom. The number of pyridine rings is 1. The Labute approximate surface area is 142 Å². The highest BCUT2D eigenvalue weighted by Gasteiger charge is 2.14. The number of aromatic nitrogens is 1. The first kappa shape index (κ1) is 17.6. The first-order chi connectivity index (χ1) is 11.6. The predicted molar refractivity (Wildman–Crippen MR) is 92.4 cm³/mol. The SMILES string of the molecule is COc1ccc(C(C)NC(=O)NCCc2cccnc2)c(OC)c1. The van der Waals surface area contributed by atoms with E-state index in [1.54, 1.807) is 32.7 Å².